The average molecular weight is 411 g/mol. The zero-order valence-electron chi connectivity index (χ0n) is 17.9. The molecule has 0 bridgehead atoms. The summed E-state index contributed by atoms with van der Waals surface area (Å²) in [7, 11) is 4.80. The van der Waals surface area contributed by atoms with E-state index in [0.29, 0.717) is 42.4 Å². The molecule has 160 valence electrons. The van der Waals surface area contributed by atoms with E-state index in [1.165, 1.54) is 24.0 Å². The number of benzene rings is 2. The van der Waals surface area contributed by atoms with Crippen molar-refractivity contribution >= 4 is 5.91 Å². The van der Waals surface area contributed by atoms with E-state index in [-0.39, 0.29) is 5.91 Å². The number of carbonyl (C=O) groups is 1. The largest absolute Gasteiger partial charge is 0.496 e. The molecule has 1 saturated carbocycles. The maximum absolute atomic E-state index is 12.9. The first-order valence-corrected chi connectivity index (χ1v) is 10.5. The van der Waals surface area contributed by atoms with Crippen molar-refractivity contribution in [2.45, 2.75) is 44.3 Å². The minimum absolute atomic E-state index is 0.0307. The van der Waals surface area contributed by atoms with Crippen molar-refractivity contribution in [3.05, 3.63) is 53.1 Å². The molecule has 1 fully saturated rings. The fraction of sp³-hybridized carbons (Fsp3) is 0.458. The molecule has 30 heavy (non-hydrogen) atoms. The van der Waals surface area contributed by atoms with E-state index in [9.17, 15) is 4.79 Å². The Morgan fingerprint density at radius 2 is 1.70 bits per heavy atom. The van der Waals surface area contributed by atoms with Gasteiger partial charge in [0.25, 0.3) is 0 Å². The molecule has 2 aromatic carbocycles. The van der Waals surface area contributed by atoms with Crippen molar-refractivity contribution in [2.24, 2.45) is 0 Å². The Kier molecular flexibility index (Phi) is 6.13. The summed E-state index contributed by atoms with van der Waals surface area (Å²) >= 11 is 0. The number of amides is 1. The van der Waals surface area contributed by atoms with Crippen molar-refractivity contribution < 1.29 is 19.0 Å². The van der Waals surface area contributed by atoms with Crippen molar-refractivity contribution in [2.75, 3.05) is 27.9 Å². The molecule has 0 aliphatic heterocycles. The van der Waals surface area contributed by atoms with Crippen LogP contribution >= 0.6 is 0 Å². The smallest absolute Gasteiger partial charge is 0.234 e. The molecular formula is C24H30N2O4. The summed E-state index contributed by atoms with van der Waals surface area (Å²) in [6.45, 7) is 0.793. The van der Waals surface area contributed by atoms with Crippen LogP contribution in [0.15, 0.2) is 36.4 Å². The molecule has 1 unspecified atom stereocenters. The molecule has 0 aromatic heterocycles. The third-order valence-electron chi connectivity index (χ3n) is 6.11. The van der Waals surface area contributed by atoms with Crippen LogP contribution in [0.3, 0.4) is 0 Å². The summed E-state index contributed by atoms with van der Waals surface area (Å²) in [6, 6.07) is 13.1. The summed E-state index contributed by atoms with van der Waals surface area (Å²) in [5, 5.41) is 3.07. The maximum Gasteiger partial charge on any atom is 0.234 e. The van der Waals surface area contributed by atoms with Crippen LogP contribution in [0.4, 0.5) is 0 Å². The highest BCUT2D eigenvalue weighted by Crippen LogP contribution is 2.41. The lowest BCUT2D eigenvalue weighted by Crippen LogP contribution is -2.40. The van der Waals surface area contributed by atoms with Crippen LogP contribution in [0.5, 0.6) is 17.2 Å². The van der Waals surface area contributed by atoms with Gasteiger partial charge in [-0.25, -0.2) is 0 Å². The average Bonchev–Trinajstić information content (AvgIpc) is 3.54. The highest BCUT2D eigenvalue weighted by molar-refractivity contribution is 5.78. The third-order valence-corrected chi connectivity index (χ3v) is 6.11. The number of fused-ring (bicyclic) bond motifs is 1. The van der Waals surface area contributed by atoms with Crippen LogP contribution in [-0.2, 0) is 17.8 Å². The van der Waals surface area contributed by atoms with Gasteiger partial charge >= 0.3 is 0 Å². The molecule has 1 amide bonds. The zero-order valence-corrected chi connectivity index (χ0v) is 17.9. The number of carbonyl (C=O) groups excluding carboxylic acids is 1. The molecule has 4 rings (SSSR count). The predicted molar refractivity (Wildman–Crippen MR) is 115 cm³/mol. The zero-order chi connectivity index (χ0) is 21.1. The number of hydrogen-bond donors (Lipinski definition) is 1. The van der Waals surface area contributed by atoms with Gasteiger partial charge in [0.2, 0.25) is 5.91 Å². The first kappa shape index (κ1) is 20.5. The lowest BCUT2D eigenvalue weighted by atomic mass is 10.1. The Morgan fingerprint density at radius 3 is 2.40 bits per heavy atom. The van der Waals surface area contributed by atoms with E-state index in [2.05, 4.69) is 34.5 Å². The molecule has 2 aliphatic rings. The molecule has 2 aliphatic carbocycles. The topological polar surface area (TPSA) is 60.0 Å². The summed E-state index contributed by atoms with van der Waals surface area (Å²) in [4.78, 5) is 15.3. The van der Waals surface area contributed by atoms with Gasteiger partial charge in [0.05, 0.1) is 27.9 Å². The number of nitrogens with zero attached hydrogens (tertiary/aromatic N) is 1. The van der Waals surface area contributed by atoms with Gasteiger partial charge < -0.3 is 19.5 Å². The molecule has 1 atom stereocenters. The molecule has 6 heteroatoms. The van der Waals surface area contributed by atoms with E-state index in [1.807, 2.05) is 6.07 Å². The van der Waals surface area contributed by atoms with Crippen LogP contribution in [0, 0.1) is 0 Å². The highest BCUT2D eigenvalue weighted by Gasteiger charge is 2.38. The van der Waals surface area contributed by atoms with Crippen molar-refractivity contribution in [1.29, 1.82) is 0 Å². The van der Waals surface area contributed by atoms with Gasteiger partial charge in [-0.15, -0.1) is 0 Å². The van der Waals surface area contributed by atoms with Crippen LogP contribution in [-0.4, -0.2) is 44.7 Å². The molecule has 2 aromatic rings. The standard InChI is InChI=1S/C24H30N2O4/c1-28-21-13-23(30-3)22(29-2)12-17(21)14-25-24(27)15-26(18-9-10-18)20-11-8-16-6-4-5-7-19(16)20/h4-7,12-13,18,20H,8-11,14-15H2,1-3H3,(H,25,27). The summed E-state index contributed by atoms with van der Waals surface area (Å²) < 4.78 is 16.2. The molecular weight excluding hydrogens is 380 g/mol. The van der Waals surface area contributed by atoms with Crippen LogP contribution in [0.1, 0.15) is 42.0 Å². The second-order valence-corrected chi connectivity index (χ2v) is 7.95. The molecule has 0 saturated heterocycles. The number of ether oxygens (including phenoxy) is 3. The van der Waals surface area contributed by atoms with Crippen molar-refractivity contribution in [1.82, 2.24) is 10.2 Å². The van der Waals surface area contributed by atoms with Crippen molar-refractivity contribution in [3.63, 3.8) is 0 Å². The summed E-state index contributed by atoms with van der Waals surface area (Å²) in [5.41, 5.74) is 3.66. The fourth-order valence-corrected chi connectivity index (χ4v) is 4.43. The molecule has 6 nitrogen and oxygen atoms in total. The van der Waals surface area contributed by atoms with Gasteiger partial charge in [0.15, 0.2) is 11.5 Å². The molecule has 0 radical (unpaired) electrons. The van der Waals surface area contributed by atoms with Crippen LogP contribution in [0.25, 0.3) is 0 Å². The SMILES string of the molecule is COc1cc(OC)c(OC)cc1CNC(=O)CN(C1CC1)C1CCc2ccccc21. The second-order valence-electron chi connectivity index (χ2n) is 7.95. The Balaban J connectivity index is 1.43. The van der Waals surface area contributed by atoms with E-state index in [4.69, 9.17) is 14.2 Å². The third kappa shape index (κ3) is 4.24. The Labute approximate surface area is 178 Å². The number of hydrogen-bond acceptors (Lipinski definition) is 5. The molecule has 0 heterocycles. The second kappa shape index (κ2) is 8.96. The Hall–Kier alpha value is -2.73. The van der Waals surface area contributed by atoms with Gasteiger partial charge in [-0.2, -0.15) is 0 Å². The van der Waals surface area contributed by atoms with Gasteiger partial charge in [-0.3, -0.25) is 9.69 Å². The lowest BCUT2D eigenvalue weighted by Gasteiger charge is -2.29. The molecule has 1 N–H and O–H groups in total. The number of methoxy groups -OCH3 is 3. The van der Waals surface area contributed by atoms with Crippen LogP contribution < -0.4 is 19.5 Å². The normalized spacial score (nSPS) is 17.5. The fourth-order valence-electron chi connectivity index (χ4n) is 4.43. The minimum Gasteiger partial charge on any atom is -0.496 e. The number of rotatable bonds is 9. The first-order chi connectivity index (χ1) is 14.6. The predicted octanol–water partition coefficient (Wildman–Crippen LogP) is 3.48. The van der Waals surface area contributed by atoms with Crippen molar-refractivity contribution in [3.8, 4) is 17.2 Å². The quantitative estimate of drug-likeness (QED) is 0.686. The van der Waals surface area contributed by atoms with Gasteiger partial charge in [0, 0.05) is 30.3 Å². The Bertz CT molecular complexity index is 910. The Morgan fingerprint density at radius 1 is 1.00 bits per heavy atom. The maximum atomic E-state index is 12.9. The monoisotopic (exact) mass is 410 g/mol. The lowest BCUT2D eigenvalue weighted by molar-refractivity contribution is -0.123. The number of nitrogens with one attached hydrogen (secondary N) is 1. The van der Waals surface area contributed by atoms with E-state index in [1.54, 1.807) is 27.4 Å². The summed E-state index contributed by atoms with van der Waals surface area (Å²) in [6.07, 6.45) is 4.53. The highest BCUT2D eigenvalue weighted by atomic mass is 16.5. The molecule has 0 spiro atoms. The van der Waals surface area contributed by atoms with Gasteiger partial charge in [-0.1, -0.05) is 24.3 Å². The van der Waals surface area contributed by atoms with Crippen LogP contribution in [0.2, 0.25) is 0 Å². The van der Waals surface area contributed by atoms with E-state index < -0.39 is 0 Å². The summed E-state index contributed by atoms with van der Waals surface area (Å²) in [5.74, 6) is 1.91. The van der Waals surface area contributed by atoms with E-state index in [0.717, 1.165) is 18.4 Å². The first-order valence-electron chi connectivity index (χ1n) is 10.5. The van der Waals surface area contributed by atoms with Gasteiger partial charge in [0.1, 0.15) is 5.75 Å². The van der Waals surface area contributed by atoms with Gasteiger partial charge in [-0.05, 0) is 42.9 Å². The number of aryl methyl sites for hydroxylation is 1. The van der Waals surface area contributed by atoms with E-state index >= 15 is 0 Å². The minimum atomic E-state index is 0.0307.